The lowest BCUT2D eigenvalue weighted by Gasteiger charge is -2.34. The van der Waals surface area contributed by atoms with Gasteiger partial charge in [-0.2, -0.15) is 0 Å². The minimum atomic E-state index is -0.0385. The SMILES string of the molecule is CCNC(=NCC1CCN(Cc2cccs2)CC1)N1CCC(C(=O)OCC)CC1. The van der Waals surface area contributed by atoms with Gasteiger partial charge in [0, 0.05) is 37.6 Å². The number of aliphatic imine (C=N–C) groups is 1. The Balaban J connectivity index is 1.44. The molecule has 7 heteroatoms. The average Bonchev–Trinajstić information content (AvgIpc) is 3.25. The first-order chi connectivity index (χ1) is 14.2. The van der Waals surface area contributed by atoms with Gasteiger partial charge in [-0.15, -0.1) is 11.3 Å². The lowest BCUT2D eigenvalue weighted by Crippen LogP contribution is -2.47. The van der Waals surface area contributed by atoms with Crippen LogP contribution < -0.4 is 5.32 Å². The summed E-state index contributed by atoms with van der Waals surface area (Å²) in [5.74, 6) is 1.68. The predicted molar refractivity (Wildman–Crippen MR) is 119 cm³/mol. The smallest absolute Gasteiger partial charge is 0.309 e. The van der Waals surface area contributed by atoms with Crippen molar-refractivity contribution in [3.8, 4) is 0 Å². The van der Waals surface area contributed by atoms with Crippen LogP contribution in [0.4, 0.5) is 0 Å². The van der Waals surface area contributed by atoms with E-state index in [1.807, 2.05) is 18.3 Å². The van der Waals surface area contributed by atoms with Crippen molar-refractivity contribution in [1.29, 1.82) is 0 Å². The van der Waals surface area contributed by atoms with E-state index in [1.54, 1.807) is 0 Å². The zero-order chi connectivity index (χ0) is 20.5. The minimum absolute atomic E-state index is 0.0385. The molecule has 2 fully saturated rings. The van der Waals surface area contributed by atoms with E-state index in [-0.39, 0.29) is 11.9 Å². The molecule has 0 amide bonds. The van der Waals surface area contributed by atoms with Crippen molar-refractivity contribution < 1.29 is 9.53 Å². The molecule has 2 aliphatic heterocycles. The van der Waals surface area contributed by atoms with Crippen LogP contribution in [0.5, 0.6) is 0 Å². The third-order valence-electron chi connectivity index (χ3n) is 5.92. The van der Waals surface area contributed by atoms with E-state index < -0.39 is 0 Å². The van der Waals surface area contributed by atoms with Gasteiger partial charge in [0.15, 0.2) is 5.96 Å². The van der Waals surface area contributed by atoms with E-state index in [0.29, 0.717) is 12.5 Å². The Labute approximate surface area is 179 Å². The number of rotatable bonds is 7. The fourth-order valence-electron chi connectivity index (χ4n) is 4.18. The first-order valence-electron chi connectivity index (χ1n) is 11.1. The van der Waals surface area contributed by atoms with E-state index in [9.17, 15) is 4.79 Å². The monoisotopic (exact) mass is 420 g/mol. The summed E-state index contributed by atoms with van der Waals surface area (Å²) in [6.07, 6.45) is 4.15. The molecule has 0 aliphatic carbocycles. The maximum absolute atomic E-state index is 12.0. The standard InChI is InChI=1S/C22H36N4O2S/c1-3-23-22(26-13-9-19(10-14-26)21(27)28-4-2)24-16-18-7-11-25(12-8-18)17-20-6-5-15-29-20/h5-6,15,18-19H,3-4,7-14,16-17H2,1-2H3,(H,23,24). The first kappa shape index (κ1) is 22.1. The Hall–Kier alpha value is -1.60. The number of piperidine rings is 2. The molecule has 6 nitrogen and oxygen atoms in total. The van der Waals surface area contributed by atoms with Crippen LogP contribution in [0.1, 0.15) is 44.4 Å². The number of likely N-dealkylation sites (tertiary alicyclic amines) is 2. The number of esters is 1. The third-order valence-corrected chi connectivity index (χ3v) is 6.78. The molecule has 3 heterocycles. The van der Waals surface area contributed by atoms with E-state index >= 15 is 0 Å². The number of nitrogens with zero attached hydrogens (tertiary/aromatic N) is 3. The molecule has 1 aromatic heterocycles. The molecule has 0 unspecified atom stereocenters. The maximum atomic E-state index is 12.0. The molecule has 2 aliphatic rings. The van der Waals surface area contributed by atoms with Gasteiger partial charge in [0.25, 0.3) is 0 Å². The summed E-state index contributed by atoms with van der Waals surface area (Å²) >= 11 is 1.85. The fraction of sp³-hybridized carbons (Fsp3) is 0.727. The van der Waals surface area contributed by atoms with Crippen molar-refractivity contribution in [2.24, 2.45) is 16.8 Å². The highest BCUT2D eigenvalue weighted by molar-refractivity contribution is 7.09. The Kier molecular flexibility index (Phi) is 8.80. The molecule has 0 atom stereocenters. The lowest BCUT2D eigenvalue weighted by molar-refractivity contribution is -0.149. The number of hydrogen-bond acceptors (Lipinski definition) is 5. The maximum Gasteiger partial charge on any atom is 0.309 e. The van der Waals surface area contributed by atoms with Crippen LogP contribution in [0.25, 0.3) is 0 Å². The van der Waals surface area contributed by atoms with Gasteiger partial charge in [0.2, 0.25) is 0 Å². The molecule has 29 heavy (non-hydrogen) atoms. The van der Waals surface area contributed by atoms with Gasteiger partial charge >= 0.3 is 5.97 Å². The molecular formula is C22H36N4O2S. The average molecular weight is 421 g/mol. The summed E-state index contributed by atoms with van der Waals surface area (Å²) in [4.78, 5) is 23.3. The first-order valence-corrected chi connectivity index (χ1v) is 12.0. The van der Waals surface area contributed by atoms with Gasteiger partial charge in [-0.05, 0) is 70.0 Å². The number of guanidine groups is 1. The minimum Gasteiger partial charge on any atom is -0.466 e. The highest BCUT2D eigenvalue weighted by Crippen LogP contribution is 2.22. The Bertz CT molecular complexity index is 633. The fourth-order valence-corrected chi connectivity index (χ4v) is 4.92. The summed E-state index contributed by atoms with van der Waals surface area (Å²) in [6, 6.07) is 4.37. The van der Waals surface area contributed by atoms with Gasteiger partial charge in [0.1, 0.15) is 0 Å². The second kappa shape index (κ2) is 11.6. The van der Waals surface area contributed by atoms with Crippen LogP contribution in [0.2, 0.25) is 0 Å². The van der Waals surface area contributed by atoms with Crippen molar-refractivity contribution in [3.05, 3.63) is 22.4 Å². The zero-order valence-corrected chi connectivity index (χ0v) is 18.8. The number of carbonyl (C=O) groups excluding carboxylic acids is 1. The second-order valence-corrected chi connectivity index (χ2v) is 9.04. The Morgan fingerprint density at radius 1 is 1.21 bits per heavy atom. The molecule has 0 spiro atoms. The molecule has 0 bridgehead atoms. The predicted octanol–water partition coefficient (Wildman–Crippen LogP) is 3.20. The Morgan fingerprint density at radius 2 is 1.97 bits per heavy atom. The molecule has 1 aromatic rings. The van der Waals surface area contributed by atoms with Crippen molar-refractivity contribution in [3.63, 3.8) is 0 Å². The van der Waals surface area contributed by atoms with Gasteiger partial charge in [-0.1, -0.05) is 6.07 Å². The van der Waals surface area contributed by atoms with E-state index in [4.69, 9.17) is 9.73 Å². The zero-order valence-electron chi connectivity index (χ0n) is 17.9. The second-order valence-electron chi connectivity index (χ2n) is 8.01. The molecule has 3 rings (SSSR count). The molecule has 0 aromatic carbocycles. The number of nitrogens with one attached hydrogen (secondary N) is 1. The summed E-state index contributed by atoms with van der Waals surface area (Å²) in [5, 5.41) is 5.61. The highest BCUT2D eigenvalue weighted by Gasteiger charge is 2.27. The normalized spacial score (nSPS) is 20.1. The van der Waals surface area contributed by atoms with E-state index in [1.165, 1.54) is 30.8 Å². The van der Waals surface area contributed by atoms with Crippen LogP contribution in [-0.4, -0.2) is 67.6 Å². The van der Waals surface area contributed by atoms with Gasteiger partial charge < -0.3 is 15.0 Å². The highest BCUT2D eigenvalue weighted by atomic mass is 32.1. The third kappa shape index (κ3) is 6.71. The molecule has 0 radical (unpaired) electrons. The topological polar surface area (TPSA) is 57.2 Å². The van der Waals surface area contributed by atoms with Crippen molar-refractivity contribution in [2.45, 2.75) is 46.1 Å². The molecular weight excluding hydrogens is 384 g/mol. The summed E-state index contributed by atoms with van der Waals surface area (Å²) in [6.45, 7) is 11.4. The van der Waals surface area contributed by atoms with Crippen molar-refractivity contribution >= 4 is 23.3 Å². The van der Waals surface area contributed by atoms with E-state index in [0.717, 1.165) is 51.5 Å². The number of ether oxygens (including phenoxy) is 1. The quantitative estimate of drug-likeness (QED) is 0.417. The summed E-state index contributed by atoms with van der Waals surface area (Å²) < 4.78 is 5.19. The van der Waals surface area contributed by atoms with Gasteiger partial charge in [0.05, 0.1) is 12.5 Å². The van der Waals surface area contributed by atoms with Crippen molar-refractivity contribution in [2.75, 3.05) is 45.9 Å². The van der Waals surface area contributed by atoms with Crippen LogP contribution in [-0.2, 0) is 16.1 Å². The van der Waals surface area contributed by atoms with Gasteiger partial charge in [-0.3, -0.25) is 14.7 Å². The van der Waals surface area contributed by atoms with Crippen molar-refractivity contribution in [1.82, 2.24) is 15.1 Å². The summed E-state index contributed by atoms with van der Waals surface area (Å²) in [7, 11) is 0. The van der Waals surface area contributed by atoms with E-state index in [2.05, 4.69) is 39.6 Å². The molecule has 1 N–H and O–H groups in total. The molecule has 162 valence electrons. The lowest BCUT2D eigenvalue weighted by atomic mass is 9.96. The van der Waals surface area contributed by atoms with Crippen LogP contribution >= 0.6 is 11.3 Å². The Morgan fingerprint density at radius 3 is 2.59 bits per heavy atom. The number of carbonyl (C=O) groups is 1. The summed E-state index contributed by atoms with van der Waals surface area (Å²) in [5.41, 5.74) is 0. The van der Waals surface area contributed by atoms with Crippen LogP contribution in [0.15, 0.2) is 22.5 Å². The largest absolute Gasteiger partial charge is 0.466 e. The number of thiophene rings is 1. The van der Waals surface area contributed by atoms with Gasteiger partial charge in [-0.25, -0.2) is 0 Å². The molecule has 0 saturated carbocycles. The number of hydrogen-bond donors (Lipinski definition) is 1. The van der Waals surface area contributed by atoms with Crippen LogP contribution in [0, 0.1) is 11.8 Å². The molecule has 2 saturated heterocycles. The van der Waals surface area contributed by atoms with Crippen LogP contribution in [0.3, 0.4) is 0 Å².